The zero-order chi connectivity index (χ0) is 19.5. The Balaban J connectivity index is 1.35. The van der Waals surface area contributed by atoms with Crippen LogP contribution in [-0.4, -0.2) is 99.9 Å². The molecule has 0 spiro atoms. The summed E-state index contributed by atoms with van der Waals surface area (Å²) in [6.07, 6.45) is 5.44. The smallest absolute Gasteiger partial charge is 0.259 e. The first-order valence-corrected chi connectivity index (χ1v) is 9.66. The van der Waals surface area contributed by atoms with E-state index in [2.05, 4.69) is 10.00 Å². The quantitative estimate of drug-likeness (QED) is 0.729. The van der Waals surface area contributed by atoms with Crippen LogP contribution in [0.1, 0.15) is 10.4 Å². The van der Waals surface area contributed by atoms with E-state index in [1.54, 1.807) is 10.9 Å². The van der Waals surface area contributed by atoms with Crippen LogP contribution in [0.25, 0.3) is 5.82 Å². The normalized spacial score (nSPS) is 18.5. The highest BCUT2D eigenvalue weighted by molar-refractivity contribution is 5.97. The highest BCUT2D eigenvalue weighted by Gasteiger charge is 2.28. The molecular formula is C19H26N6O3. The summed E-state index contributed by atoms with van der Waals surface area (Å²) in [5.74, 6) is 0.890. The third kappa shape index (κ3) is 3.81. The molecule has 2 aromatic heterocycles. The standard InChI is InChI=1S/C19H26N6O3/c1-21-18(24-4-2-3-5-24)16(14-20-21)19(27)25-8-6-22(7-9-25)15-17(26)23-10-12-28-13-11-23/h2-5,14H,6-13,15H2,1H3. The number of morpholine rings is 1. The Labute approximate surface area is 164 Å². The topological polar surface area (TPSA) is 75.8 Å². The summed E-state index contributed by atoms with van der Waals surface area (Å²) < 4.78 is 8.91. The van der Waals surface area contributed by atoms with Gasteiger partial charge in [-0.3, -0.25) is 19.2 Å². The summed E-state index contributed by atoms with van der Waals surface area (Å²) in [6.45, 7) is 5.57. The number of aromatic nitrogens is 3. The van der Waals surface area contributed by atoms with Gasteiger partial charge in [0.25, 0.3) is 5.91 Å². The maximum Gasteiger partial charge on any atom is 0.259 e. The van der Waals surface area contributed by atoms with Crippen molar-refractivity contribution >= 4 is 11.8 Å². The molecule has 0 unspecified atom stereocenters. The molecule has 28 heavy (non-hydrogen) atoms. The maximum atomic E-state index is 13.1. The van der Waals surface area contributed by atoms with Crippen LogP contribution in [0.3, 0.4) is 0 Å². The van der Waals surface area contributed by atoms with Crippen molar-refractivity contribution in [3.05, 3.63) is 36.3 Å². The van der Waals surface area contributed by atoms with E-state index in [4.69, 9.17) is 4.74 Å². The van der Waals surface area contributed by atoms with Gasteiger partial charge >= 0.3 is 0 Å². The monoisotopic (exact) mass is 386 g/mol. The van der Waals surface area contributed by atoms with Gasteiger partial charge in [0.05, 0.1) is 26.0 Å². The SMILES string of the molecule is Cn1ncc(C(=O)N2CCN(CC(=O)N3CCOCC3)CC2)c1-n1cccc1. The predicted molar refractivity (Wildman–Crippen MR) is 102 cm³/mol. The second-order valence-electron chi connectivity index (χ2n) is 7.16. The molecule has 2 aliphatic heterocycles. The van der Waals surface area contributed by atoms with Gasteiger partial charge in [0.15, 0.2) is 0 Å². The Bertz CT molecular complexity index is 817. The average Bonchev–Trinajstić information content (AvgIpc) is 3.38. The number of carbonyl (C=O) groups is 2. The first-order chi connectivity index (χ1) is 13.6. The van der Waals surface area contributed by atoms with Crippen LogP contribution in [0.15, 0.2) is 30.7 Å². The lowest BCUT2D eigenvalue weighted by atomic mass is 10.2. The van der Waals surface area contributed by atoms with Crippen LogP contribution < -0.4 is 0 Å². The third-order valence-corrected chi connectivity index (χ3v) is 5.37. The molecule has 4 heterocycles. The molecule has 0 radical (unpaired) electrons. The molecule has 9 heteroatoms. The summed E-state index contributed by atoms with van der Waals surface area (Å²) in [6, 6.07) is 3.84. The molecule has 150 valence electrons. The van der Waals surface area contributed by atoms with Gasteiger partial charge in [-0.2, -0.15) is 5.10 Å². The van der Waals surface area contributed by atoms with Crippen molar-refractivity contribution in [3.63, 3.8) is 0 Å². The van der Waals surface area contributed by atoms with Crippen molar-refractivity contribution in [1.82, 2.24) is 29.0 Å². The van der Waals surface area contributed by atoms with Gasteiger partial charge in [-0.15, -0.1) is 0 Å². The number of carbonyl (C=O) groups excluding carboxylic acids is 2. The highest BCUT2D eigenvalue weighted by Crippen LogP contribution is 2.17. The molecule has 2 saturated heterocycles. The minimum absolute atomic E-state index is 0.0176. The number of nitrogens with zero attached hydrogens (tertiary/aromatic N) is 6. The van der Waals surface area contributed by atoms with E-state index in [1.165, 1.54) is 0 Å². The van der Waals surface area contributed by atoms with E-state index in [1.807, 2.05) is 45.9 Å². The number of ether oxygens (including phenoxy) is 1. The fourth-order valence-corrected chi connectivity index (χ4v) is 3.75. The molecule has 2 aromatic rings. The fraction of sp³-hybridized carbons (Fsp3) is 0.526. The van der Waals surface area contributed by atoms with Crippen molar-refractivity contribution in [2.45, 2.75) is 0 Å². The number of rotatable bonds is 4. The lowest BCUT2D eigenvalue weighted by Gasteiger charge is -2.36. The van der Waals surface area contributed by atoms with E-state index in [-0.39, 0.29) is 11.8 Å². The molecule has 0 aliphatic carbocycles. The molecule has 0 saturated carbocycles. The van der Waals surface area contributed by atoms with E-state index < -0.39 is 0 Å². The van der Waals surface area contributed by atoms with Crippen LogP contribution in [0.4, 0.5) is 0 Å². The predicted octanol–water partition coefficient (Wildman–Crippen LogP) is -0.173. The van der Waals surface area contributed by atoms with Crippen molar-refractivity contribution in [3.8, 4) is 5.82 Å². The zero-order valence-electron chi connectivity index (χ0n) is 16.2. The molecule has 4 rings (SSSR count). The van der Waals surface area contributed by atoms with Gasteiger partial charge in [-0.05, 0) is 12.1 Å². The second-order valence-corrected chi connectivity index (χ2v) is 7.16. The number of hydrogen-bond donors (Lipinski definition) is 0. The fourth-order valence-electron chi connectivity index (χ4n) is 3.75. The molecular weight excluding hydrogens is 360 g/mol. The molecule has 0 N–H and O–H groups in total. The van der Waals surface area contributed by atoms with Gasteiger partial charge in [0.2, 0.25) is 5.91 Å². The summed E-state index contributed by atoms with van der Waals surface area (Å²) in [7, 11) is 1.83. The van der Waals surface area contributed by atoms with E-state index in [9.17, 15) is 9.59 Å². The van der Waals surface area contributed by atoms with Gasteiger partial charge in [0.1, 0.15) is 11.4 Å². The molecule has 2 amide bonds. The molecule has 0 aromatic carbocycles. The number of piperazine rings is 1. The first kappa shape index (κ1) is 18.7. The van der Waals surface area contributed by atoms with E-state index >= 15 is 0 Å². The van der Waals surface area contributed by atoms with Crippen LogP contribution >= 0.6 is 0 Å². The largest absolute Gasteiger partial charge is 0.378 e. The van der Waals surface area contributed by atoms with E-state index in [0.717, 1.165) is 5.82 Å². The lowest BCUT2D eigenvalue weighted by molar-refractivity contribution is -0.136. The Morgan fingerprint density at radius 2 is 1.68 bits per heavy atom. The summed E-state index contributed by atoms with van der Waals surface area (Å²) in [4.78, 5) is 31.3. The Morgan fingerprint density at radius 1 is 1.00 bits per heavy atom. The number of amides is 2. The lowest BCUT2D eigenvalue weighted by Crippen LogP contribution is -2.52. The van der Waals surface area contributed by atoms with Gasteiger partial charge < -0.3 is 19.1 Å². The van der Waals surface area contributed by atoms with Crippen molar-refractivity contribution < 1.29 is 14.3 Å². The minimum atomic E-state index is -0.0176. The second kappa shape index (κ2) is 8.15. The highest BCUT2D eigenvalue weighted by atomic mass is 16.5. The van der Waals surface area contributed by atoms with Crippen molar-refractivity contribution in [1.29, 1.82) is 0 Å². The zero-order valence-corrected chi connectivity index (χ0v) is 16.2. The third-order valence-electron chi connectivity index (χ3n) is 5.37. The summed E-state index contributed by atoms with van der Waals surface area (Å²) in [5, 5.41) is 4.27. The summed E-state index contributed by atoms with van der Waals surface area (Å²) >= 11 is 0. The van der Waals surface area contributed by atoms with Gasteiger partial charge in [-0.1, -0.05) is 0 Å². The Hall–Kier alpha value is -2.65. The van der Waals surface area contributed by atoms with Crippen LogP contribution in [0, 0.1) is 0 Å². The maximum absolute atomic E-state index is 13.1. The van der Waals surface area contributed by atoms with Crippen molar-refractivity contribution in [2.75, 3.05) is 59.0 Å². The van der Waals surface area contributed by atoms with Crippen LogP contribution in [-0.2, 0) is 16.6 Å². The van der Waals surface area contributed by atoms with E-state index in [0.29, 0.717) is 64.6 Å². The summed E-state index contributed by atoms with van der Waals surface area (Å²) in [5.41, 5.74) is 0.594. The van der Waals surface area contributed by atoms with Crippen molar-refractivity contribution in [2.24, 2.45) is 7.05 Å². The molecule has 2 fully saturated rings. The molecule has 9 nitrogen and oxygen atoms in total. The Morgan fingerprint density at radius 3 is 2.36 bits per heavy atom. The first-order valence-electron chi connectivity index (χ1n) is 9.66. The van der Waals surface area contributed by atoms with Gasteiger partial charge in [0, 0.05) is 58.7 Å². The minimum Gasteiger partial charge on any atom is -0.378 e. The van der Waals surface area contributed by atoms with Crippen LogP contribution in [0.5, 0.6) is 0 Å². The molecule has 0 atom stereocenters. The number of aryl methyl sites for hydroxylation is 1. The Kier molecular flexibility index (Phi) is 5.45. The molecule has 2 aliphatic rings. The number of hydrogen-bond acceptors (Lipinski definition) is 5. The average molecular weight is 386 g/mol. The van der Waals surface area contributed by atoms with Gasteiger partial charge in [-0.25, -0.2) is 0 Å². The molecule has 0 bridgehead atoms. The van der Waals surface area contributed by atoms with Crippen LogP contribution in [0.2, 0.25) is 0 Å².